The number of fused-ring (bicyclic) bond motifs is 1. The van der Waals surface area contributed by atoms with Crippen molar-refractivity contribution in [3.63, 3.8) is 0 Å². The lowest BCUT2D eigenvalue weighted by Crippen LogP contribution is -2.19. The van der Waals surface area contributed by atoms with Crippen LogP contribution in [0.3, 0.4) is 0 Å². The lowest BCUT2D eigenvalue weighted by Gasteiger charge is -2.07. The molecule has 0 bridgehead atoms. The number of nitrogens with one attached hydrogen (secondary N) is 2. The monoisotopic (exact) mass is 345 g/mol. The maximum atomic E-state index is 6.20. The summed E-state index contributed by atoms with van der Waals surface area (Å²) in [6.45, 7) is 3.81. The molecule has 0 atom stereocenters. The number of hydrogen-bond acceptors (Lipinski definition) is 2. The molecule has 1 aromatic heterocycles. The lowest BCUT2D eigenvalue weighted by molar-refractivity contribution is 0.960. The number of aromatic nitrogens is 1. The van der Waals surface area contributed by atoms with Gasteiger partial charge in [0.2, 0.25) is 0 Å². The molecule has 118 valence electrons. The first-order chi connectivity index (χ1) is 10.7. The Morgan fingerprint density at radius 2 is 2.00 bits per heavy atom. The molecular weight excluding hydrogens is 329 g/mol. The third-order valence-corrected chi connectivity index (χ3v) is 4.21. The van der Waals surface area contributed by atoms with Crippen molar-refractivity contribution in [1.29, 1.82) is 0 Å². The van der Waals surface area contributed by atoms with Crippen LogP contribution in [0.25, 0.3) is 22.2 Å². The molecule has 0 spiro atoms. The predicted octanol–water partition coefficient (Wildman–Crippen LogP) is 4.57. The number of H-pyrrole nitrogens is 1. The van der Waals surface area contributed by atoms with Gasteiger partial charge in [0.1, 0.15) is 5.84 Å². The van der Waals surface area contributed by atoms with Crippen molar-refractivity contribution in [1.82, 2.24) is 10.3 Å². The van der Waals surface area contributed by atoms with Gasteiger partial charge in [0.25, 0.3) is 0 Å². The highest BCUT2D eigenvalue weighted by Gasteiger charge is 2.20. The maximum Gasteiger partial charge on any atom is 0.131 e. The van der Waals surface area contributed by atoms with E-state index in [1.807, 2.05) is 18.2 Å². The zero-order valence-electron chi connectivity index (χ0n) is 12.7. The van der Waals surface area contributed by atoms with Gasteiger partial charge < -0.3 is 10.3 Å². The third kappa shape index (κ3) is 2.82. The average molecular weight is 346 g/mol. The van der Waals surface area contributed by atoms with Crippen molar-refractivity contribution in [3.05, 3.63) is 58.6 Å². The molecule has 5 heteroatoms. The van der Waals surface area contributed by atoms with Gasteiger partial charge in [0.15, 0.2) is 0 Å². The lowest BCUT2D eigenvalue weighted by atomic mass is 10.0. The molecule has 0 saturated carbocycles. The molecule has 0 unspecified atom stereocenters. The first kappa shape index (κ1) is 15.9. The van der Waals surface area contributed by atoms with Crippen LogP contribution in [0.15, 0.2) is 47.5 Å². The molecule has 1 aliphatic rings. The Morgan fingerprint density at radius 1 is 1.13 bits per heavy atom. The normalized spacial score (nSPS) is 13.6. The minimum atomic E-state index is 0. The van der Waals surface area contributed by atoms with Crippen LogP contribution >= 0.6 is 24.0 Å². The van der Waals surface area contributed by atoms with Crippen molar-refractivity contribution in [2.75, 3.05) is 13.1 Å². The van der Waals surface area contributed by atoms with Crippen molar-refractivity contribution < 1.29 is 0 Å². The fourth-order valence-corrected chi connectivity index (χ4v) is 3.16. The molecule has 0 radical (unpaired) electrons. The summed E-state index contributed by atoms with van der Waals surface area (Å²) in [5.74, 6) is 0.949. The Labute approximate surface area is 146 Å². The number of rotatable bonds is 2. The molecule has 0 fully saturated rings. The second-order valence-electron chi connectivity index (χ2n) is 5.59. The van der Waals surface area contributed by atoms with E-state index in [1.54, 1.807) is 0 Å². The first-order valence-electron chi connectivity index (χ1n) is 7.39. The summed E-state index contributed by atoms with van der Waals surface area (Å²) < 4.78 is 0. The van der Waals surface area contributed by atoms with Crippen LogP contribution in [-0.4, -0.2) is 23.9 Å². The van der Waals surface area contributed by atoms with E-state index in [-0.39, 0.29) is 12.4 Å². The number of benzene rings is 2. The zero-order valence-corrected chi connectivity index (χ0v) is 14.3. The van der Waals surface area contributed by atoms with Gasteiger partial charge in [-0.2, -0.15) is 0 Å². The van der Waals surface area contributed by atoms with Gasteiger partial charge in [0, 0.05) is 28.0 Å². The third-order valence-electron chi connectivity index (χ3n) is 3.98. The van der Waals surface area contributed by atoms with E-state index in [9.17, 15) is 0 Å². The van der Waals surface area contributed by atoms with Crippen LogP contribution in [-0.2, 0) is 0 Å². The van der Waals surface area contributed by atoms with Gasteiger partial charge in [-0.05, 0) is 36.8 Å². The number of nitrogens with zero attached hydrogens (tertiary/aromatic N) is 1. The quantitative estimate of drug-likeness (QED) is 0.701. The number of halogens is 2. The summed E-state index contributed by atoms with van der Waals surface area (Å²) in [4.78, 5) is 8.14. The van der Waals surface area contributed by atoms with Gasteiger partial charge in [-0.1, -0.05) is 35.4 Å². The molecule has 0 aliphatic carbocycles. The second-order valence-corrected chi connectivity index (χ2v) is 6.03. The molecule has 4 rings (SSSR count). The number of amidine groups is 1. The van der Waals surface area contributed by atoms with E-state index >= 15 is 0 Å². The summed E-state index contributed by atoms with van der Waals surface area (Å²) in [5, 5.41) is 5.23. The topological polar surface area (TPSA) is 40.2 Å². The Balaban J connectivity index is 0.00000156. The highest BCUT2D eigenvalue weighted by Crippen LogP contribution is 2.33. The zero-order chi connectivity index (χ0) is 15.1. The fraction of sp³-hybridized carbons (Fsp3) is 0.167. The summed E-state index contributed by atoms with van der Waals surface area (Å²) in [6.07, 6.45) is 0. The molecule has 2 N–H and O–H groups in total. The minimum Gasteiger partial charge on any atom is -0.368 e. The molecule has 1 aliphatic heterocycles. The predicted molar refractivity (Wildman–Crippen MR) is 100 cm³/mol. The number of hydrogen-bond donors (Lipinski definition) is 2. The molecule has 2 heterocycles. The van der Waals surface area contributed by atoms with Crippen LogP contribution in [0, 0.1) is 6.92 Å². The van der Waals surface area contributed by atoms with Gasteiger partial charge in [-0.3, -0.25) is 4.99 Å². The maximum absolute atomic E-state index is 6.20. The SMILES string of the molecule is Cc1cccc(-c2[nH]c3ccc(Cl)cc3c2C2=NCCN2)c1.Cl. The molecule has 3 aromatic rings. The fourth-order valence-electron chi connectivity index (χ4n) is 2.99. The van der Waals surface area contributed by atoms with Gasteiger partial charge in [-0.15, -0.1) is 12.4 Å². The Morgan fingerprint density at radius 3 is 2.74 bits per heavy atom. The molecule has 23 heavy (non-hydrogen) atoms. The molecular formula is C18H17Cl2N3. The highest BCUT2D eigenvalue weighted by atomic mass is 35.5. The smallest absolute Gasteiger partial charge is 0.131 e. The van der Waals surface area contributed by atoms with Crippen LogP contribution in [0.2, 0.25) is 5.02 Å². The van der Waals surface area contributed by atoms with E-state index < -0.39 is 0 Å². The molecule has 0 amide bonds. The Bertz CT molecular complexity index is 896. The van der Waals surface area contributed by atoms with E-state index in [4.69, 9.17) is 11.6 Å². The summed E-state index contributed by atoms with van der Waals surface area (Å²) in [6, 6.07) is 14.4. The van der Waals surface area contributed by atoms with Crippen LogP contribution in [0.4, 0.5) is 0 Å². The molecule has 2 aromatic carbocycles. The first-order valence-corrected chi connectivity index (χ1v) is 7.77. The molecule has 3 nitrogen and oxygen atoms in total. The van der Waals surface area contributed by atoms with E-state index in [0.29, 0.717) is 0 Å². The largest absolute Gasteiger partial charge is 0.368 e. The van der Waals surface area contributed by atoms with E-state index in [1.165, 1.54) is 11.1 Å². The highest BCUT2D eigenvalue weighted by molar-refractivity contribution is 6.31. The Kier molecular flexibility index (Phi) is 4.33. The van der Waals surface area contributed by atoms with Gasteiger partial charge in [-0.25, -0.2) is 0 Å². The minimum absolute atomic E-state index is 0. The van der Waals surface area contributed by atoms with Crippen molar-refractivity contribution >= 4 is 40.7 Å². The van der Waals surface area contributed by atoms with Gasteiger partial charge in [0.05, 0.1) is 12.2 Å². The van der Waals surface area contributed by atoms with Crippen LogP contribution < -0.4 is 5.32 Å². The van der Waals surface area contributed by atoms with Crippen LogP contribution in [0.5, 0.6) is 0 Å². The van der Waals surface area contributed by atoms with E-state index in [2.05, 4.69) is 46.5 Å². The summed E-state index contributed by atoms with van der Waals surface area (Å²) in [7, 11) is 0. The molecule has 0 saturated heterocycles. The number of aromatic amines is 1. The summed E-state index contributed by atoms with van der Waals surface area (Å²) in [5.41, 5.74) is 5.68. The summed E-state index contributed by atoms with van der Waals surface area (Å²) >= 11 is 6.20. The van der Waals surface area contributed by atoms with Gasteiger partial charge >= 0.3 is 0 Å². The number of aryl methyl sites for hydroxylation is 1. The van der Waals surface area contributed by atoms with Crippen molar-refractivity contribution in [3.8, 4) is 11.3 Å². The number of aliphatic imine (C=N–C) groups is 1. The Hall–Kier alpha value is -1.97. The van der Waals surface area contributed by atoms with Crippen molar-refractivity contribution in [2.24, 2.45) is 4.99 Å². The van der Waals surface area contributed by atoms with Crippen LogP contribution in [0.1, 0.15) is 11.1 Å². The van der Waals surface area contributed by atoms with E-state index in [0.717, 1.165) is 46.1 Å². The average Bonchev–Trinajstić information content (AvgIpc) is 3.13. The standard InChI is InChI=1S/C18H16ClN3.ClH/c1-11-3-2-4-12(9-11)17-16(18-20-7-8-21-18)14-10-13(19)5-6-15(14)22-17;/h2-6,9-10,22H,7-8H2,1H3,(H,20,21);1H. The van der Waals surface area contributed by atoms with Crippen molar-refractivity contribution in [2.45, 2.75) is 6.92 Å². The second kappa shape index (κ2) is 6.26.